The fourth-order valence-corrected chi connectivity index (χ4v) is 4.28. The molecule has 0 spiro atoms. The Hall–Kier alpha value is -2.49. The smallest absolute Gasteiger partial charge is 0.115 e. The van der Waals surface area contributed by atoms with Gasteiger partial charge in [-0.05, 0) is 54.4 Å². The number of phenols is 1. The van der Waals surface area contributed by atoms with Crippen LogP contribution in [0.15, 0.2) is 78.9 Å². The Labute approximate surface area is 171 Å². The van der Waals surface area contributed by atoms with Crippen molar-refractivity contribution in [3.8, 4) is 5.75 Å². The Morgan fingerprint density at radius 1 is 0.893 bits per heavy atom. The topological polar surface area (TPSA) is 26.7 Å². The van der Waals surface area contributed by atoms with Crippen molar-refractivity contribution < 1.29 is 5.11 Å². The largest absolute Gasteiger partial charge is 0.508 e. The summed E-state index contributed by atoms with van der Waals surface area (Å²) in [6.45, 7) is 5.13. The van der Waals surface area contributed by atoms with Gasteiger partial charge in [-0.15, -0.1) is 0 Å². The van der Waals surface area contributed by atoms with Crippen LogP contribution in [0.2, 0.25) is 5.02 Å². The van der Waals surface area contributed by atoms with Crippen LogP contribution in [0, 0.1) is 0 Å². The van der Waals surface area contributed by atoms with E-state index in [1.807, 2.05) is 24.3 Å². The zero-order valence-corrected chi connectivity index (χ0v) is 16.8. The van der Waals surface area contributed by atoms with E-state index >= 15 is 0 Å². The molecule has 0 radical (unpaired) electrons. The summed E-state index contributed by atoms with van der Waals surface area (Å²) >= 11 is 6.13. The highest BCUT2D eigenvalue weighted by molar-refractivity contribution is 6.30. The highest BCUT2D eigenvalue weighted by Gasteiger charge is 2.33. The molecule has 0 aliphatic carbocycles. The first-order valence-electron chi connectivity index (χ1n) is 9.69. The molecule has 2 atom stereocenters. The summed E-state index contributed by atoms with van der Waals surface area (Å²) in [5, 5.41) is 10.5. The Bertz CT molecular complexity index is 896. The Kier molecular flexibility index (Phi) is 5.56. The number of nitrogens with zero attached hydrogens (tertiary/aromatic N) is 2. The standard InChI is InChI=1S/C24H25ClN2O/c1-18-15-26(16-19-5-3-2-4-6-19)17-24(20-7-9-21(25)10-8-20)27(18)22-11-13-23(28)14-12-22/h2-14,18,24,28H,15-17H2,1H3/t18?,24-/m0/s1. The third kappa shape index (κ3) is 4.16. The Morgan fingerprint density at radius 2 is 1.57 bits per heavy atom. The molecule has 1 fully saturated rings. The maximum absolute atomic E-state index is 9.70. The number of hydrogen-bond donors (Lipinski definition) is 1. The number of halogens is 1. The minimum atomic E-state index is 0.217. The SMILES string of the molecule is CC1CN(Cc2ccccc2)C[C@@H](c2ccc(Cl)cc2)N1c1ccc(O)cc1. The Balaban J connectivity index is 1.65. The summed E-state index contributed by atoms with van der Waals surface area (Å²) in [4.78, 5) is 4.99. The van der Waals surface area contributed by atoms with Crippen molar-refractivity contribution in [2.75, 3.05) is 18.0 Å². The molecular formula is C24H25ClN2O. The molecule has 0 saturated carbocycles. The predicted molar refractivity (Wildman–Crippen MR) is 116 cm³/mol. The van der Waals surface area contributed by atoms with Crippen molar-refractivity contribution in [1.82, 2.24) is 4.90 Å². The van der Waals surface area contributed by atoms with Gasteiger partial charge in [-0.2, -0.15) is 0 Å². The van der Waals surface area contributed by atoms with Crippen LogP contribution in [0.1, 0.15) is 24.1 Å². The van der Waals surface area contributed by atoms with Crippen LogP contribution < -0.4 is 4.90 Å². The fourth-order valence-electron chi connectivity index (χ4n) is 4.16. The highest BCUT2D eigenvalue weighted by atomic mass is 35.5. The van der Waals surface area contributed by atoms with Gasteiger partial charge in [0.05, 0.1) is 6.04 Å². The third-order valence-electron chi connectivity index (χ3n) is 5.42. The zero-order chi connectivity index (χ0) is 19.5. The van der Waals surface area contributed by atoms with E-state index in [1.54, 1.807) is 12.1 Å². The van der Waals surface area contributed by atoms with Crippen molar-refractivity contribution in [2.45, 2.75) is 25.6 Å². The first-order chi connectivity index (χ1) is 13.6. The number of anilines is 1. The molecule has 1 unspecified atom stereocenters. The molecule has 1 saturated heterocycles. The van der Waals surface area contributed by atoms with Crippen LogP contribution in [0.3, 0.4) is 0 Å². The number of phenolic OH excluding ortho intramolecular Hbond substituents is 1. The van der Waals surface area contributed by atoms with Crippen LogP contribution in [0.25, 0.3) is 0 Å². The van der Waals surface area contributed by atoms with E-state index < -0.39 is 0 Å². The van der Waals surface area contributed by atoms with E-state index in [0.717, 1.165) is 30.3 Å². The number of piperazine rings is 1. The van der Waals surface area contributed by atoms with Crippen molar-refractivity contribution >= 4 is 17.3 Å². The zero-order valence-electron chi connectivity index (χ0n) is 16.0. The minimum absolute atomic E-state index is 0.217. The number of benzene rings is 3. The molecule has 4 heteroatoms. The molecule has 0 bridgehead atoms. The van der Waals surface area contributed by atoms with Crippen molar-refractivity contribution in [1.29, 1.82) is 0 Å². The van der Waals surface area contributed by atoms with Gasteiger partial charge < -0.3 is 10.0 Å². The van der Waals surface area contributed by atoms with Gasteiger partial charge in [0.25, 0.3) is 0 Å². The molecule has 3 aromatic rings. The summed E-state index contributed by atoms with van der Waals surface area (Å²) in [5.74, 6) is 0.294. The van der Waals surface area contributed by atoms with Gasteiger partial charge in [0.2, 0.25) is 0 Å². The molecular weight excluding hydrogens is 368 g/mol. The minimum Gasteiger partial charge on any atom is -0.508 e. The second kappa shape index (κ2) is 8.26. The average molecular weight is 393 g/mol. The Morgan fingerprint density at radius 3 is 2.25 bits per heavy atom. The summed E-state index contributed by atoms with van der Waals surface area (Å²) in [5.41, 5.74) is 3.72. The second-order valence-corrected chi connectivity index (χ2v) is 7.96. The summed E-state index contributed by atoms with van der Waals surface area (Å²) in [6.07, 6.45) is 0. The molecule has 28 heavy (non-hydrogen) atoms. The summed E-state index contributed by atoms with van der Waals surface area (Å²) in [7, 11) is 0. The van der Waals surface area contributed by atoms with Gasteiger partial charge in [0.15, 0.2) is 0 Å². The normalized spacial score (nSPS) is 20.3. The molecule has 0 aromatic heterocycles. The highest BCUT2D eigenvalue weighted by Crippen LogP contribution is 2.35. The van der Waals surface area contributed by atoms with E-state index in [9.17, 15) is 5.11 Å². The first-order valence-corrected chi connectivity index (χ1v) is 10.1. The van der Waals surface area contributed by atoms with Gasteiger partial charge >= 0.3 is 0 Å². The van der Waals surface area contributed by atoms with Gasteiger partial charge in [-0.3, -0.25) is 4.90 Å². The van der Waals surface area contributed by atoms with E-state index in [4.69, 9.17) is 11.6 Å². The fraction of sp³-hybridized carbons (Fsp3) is 0.250. The molecule has 1 N–H and O–H groups in total. The lowest BCUT2D eigenvalue weighted by atomic mass is 9.97. The molecule has 1 aliphatic heterocycles. The quantitative estimate of drug-likeness (QED) is 0.635. The first kappa shape index (κ1) is 18.9. The molecule has 3 aromatic carbocycles. The van der Waals surface area contributed by atoms with Crippen LogP contribution in [-0.4, -0.2) is 29.1 Å². The van der Waals surface area contributed by atoms with Gasteiger partial charge in [-0.25, -0.2) is 0 Å². The lowest BCUT2D eigenvalue weighted by Gasteiger charge is -2.47. The lowest BCUT2D eigenvalue weighted by Crippen LogP contribution is -2.53. The van der Waals surface area contributed by atoms with Crippen molar-refractivity contribution in [3.63, 3.8) is 0 Å². The number of aromatic hydroxyl groups is 1. The van der Waals surface area contributed by atoms with Crippen molar-refractivity contribution in [3.05, 3.63) is 95.0 Å². The lowest BCUT2D eigenvalue weighted by molar-refractivity contribution is 0.187. The van der Waals surface area contributed by atoms with Crippen LogP contribution >= 0.6 is 11.6 Å². The monoisotopic (exact) mass is 392 g/mol. The van der Waals surface area contributed by atoms with Gasteiger partial charge in [0, 0.05) is 36.4 Å². The maximum Gasteiger partial charge on any atom is 0.115 e. The summed E-state index contributed by atoms with van der Waals surface area (Å²) < 4.78 is 0. The molecule has 1 aliphatic rings. The van der Waals surface area contributed by atoms with Crippen molar-refractivity contribution in [2.24, 2.45) is 0 Å². The van der Waals surface area contributed by atoms with E-state index in [1.165, 1.54) is 11.1 Å². The van der Waals surface area contributed by atoms with Crippen LogP contribution in [0.5, 0.6) is 5.75 Å². The maximum atomic E-state index is 9.70. The number of hydrogen-bond acceptors (Lipinski definition) is 3. The molecule has 0 amide bonds. The molecule has 3 nitrogen and oxygen atoms in total. The molecule has 1 heterocycles. The van der Waals surface area contributed by atoms with Crippen LogP contribution in [-0.2, 0) is 6.54 Å². The van der Waals surface area contributed by atoms with E-state index in [-0.39, 0.29) is 6.04 Å². The van der Waals surface area contributed by atoms with E-state index in [0.29, 0.717) is 11.8 Å². The second-order valence-electron chi connectivity index (χ2n) is 7.52. The van der Waals surface area contributed by atoms with E-state index in [2.05, 4.69) is 59.2 Å². The third-order valence-corrected chi connectivity index (χ3v) is 5.67. The van der Waals surface area contributed by atoms with Gasteiger partial charge in [-0.1, -0.05) is 54.1 Å². The average Bonchev–Trinajstić information content (AvgIpc) is 2.70. The molecule has 144 valence electrons. The number of rotatable bonds is 4. The predicted octanol–water partition coefficient (Wildman–Crippen LogP) is 5.50. The van der Waals surface area contributed by atoms with Crippen LogP contribution in [0.4, 0.5) is 5.69 Å². The molecule has 4 rings (SSSR count). The summed E-state index contributed by atoms with van der Waals surface area (Å²) in [6, 6.07) is 26.9. The van der Waals surface area contributed by atoms with Gasteiger partial charge in [0.1, 0.15) is 5.75 Å².